The van der Waals surface area contributed by atoms with E-state index in [0.717, 1.165) is 30.2 Å². The van der Waals surface area contributed by atoms with Crippen molar-refractivity contribution in [3.8, 4) is 5.75 Å². The van der Waals surface area contributed by atoms with E-state index in [1.165, 1.54) is 6.07 Å². The molecule has 1 saturated carbocycles. The Balaban J connectivity index is 1.77. The number of rotatable bonds is 4. The van der Waals surface area contributed by atoms with Crippen LogP contribution < -0.4 is 9.46 Å². The highest BCUT2D eigenvalue weighted by molar-refractivity contribution is 9.10. The molecule has 2 atom stereocenters. The topological polar surface area (TPSA) is 92.7 Å². The summed E-state index contributed by atoms with van der Waals surface area (Å²) in [6.45, 7) is 0.428. The van der Waals surface area contributed by atoms with Gasteiger partial charge in [0.25, 0.3) is 10.0 Å². The lowest BCUT2D eigenvalue weighted by Gasteiger charge is -2.21. The lowest BCUT2D eigenvalue weighted by molar-refractivity contribution is 0.0692. The minimum Gasteiger partial charge on any atom is -0.492 e. The number of benzene rings is 2. The first-order chi connectivity index (χ1) is 12.3. The Kier molecular flexibility index (Phi) is 3.96. The molecule has 0 amide bonds. The van der Waals surface area contributed by atoms with Crippen LogP contribution in [0.15, 0.2) is 39.7 Å². The number of aromatic carboxylic acids is 1. The first kappa shape index (κ1) is 17.3. The number of hydrogen-bond donors (Lipinski definition) is 2. The number of carboxylic acids is 1. The average Bonchev–Trinajstić information content (AvgIpc) is 3.33. The number of anilines is 1. The van der Waals surface area contributed by atoms with Crippen LogP contribution in [0.4, 0.5) is 10.1 Å². The second kappa shape index (κ2) is 5.95. The molecule has 2 unspecified atom stereocenters. The van der Waals surface area contributed by atoms with Crippen molar-refractivity contribution in [1.82, 2.24) is 0 Å². The van der Waals surface area contributed by atoms with Gasteiger partial charge in [-0.3, -0.25) is 4.72 Å². The molecule has 6 nitrogen and oxygen atoms in total. The first-order valence-electron chi connectivity index (χ1n) is 7.79. The molecule has 1 aliphatic heterocycles. The minimum atomic E-state index is -4.13. The zero-order chi connectivity index (χ0) is 18.6. The molecule has 1 heterocycles. The van der Waals surface area contributed by atoms with E-state index in [1.54, 1.807) is 6.07 Å². The molecule has 0 saturated heterocycles. The normalized spacial score (nSPS) is 20.5. The zero-order valence-corrected chi connectivity index (χ0v) is 15.6. The van der Waals surface area contributed by atoms with Crippen LogP contribution in [0, 0.1) is 11.7 Å². The quantitative estimate of drug-likeness (QED) is 0.755. The van der Waals surface area contributed by atoms with E-state index in [2.05, 4.69) is 20.7 Å². The van der Waals surface area contributed by atoms with Gasteiger partial charge < -0.3 is 9.84 Å². The highest BCUT2D eigenvalue weighted by Crippen LogP contribution is 2.55. The van der Waals surface area contributed by atoms with Gasteiger partial charge in [-0.05, 0) is 58.1 Å². The lowest BCUT2D eigenvalue weighted by atomic mass is 10.0. The van der Waals surface area contributed by atoms with E-state index in [-0.39, 0.29) is 32.3 Å². The Hall–Kier alpha value is -2.13. The fraction of sp³-hybridized carbons (Fsp3) is 0.235. The maximum atomic E-state index is 13.2. The number of ether oxygens (including phenoxy) is 1. The second-order valence-electron chi connectivity index (χ2n) is 6.31. The largest absolute Gasteiger partial charge is 0.492 e. The van der Waals surface area contributed by atoms with Crippen molar-refractivity contribution < 1.29 is 27.4 Å². The van der Waals surface area contributed by atoms with E-state index in [9.17, 15) is 22.7 Å². The maximum Gasteiger partial charge on any atom is 0.341 e. The van der Waals surface area contributed by atoms with Gasteiger partial charge in [0.15, 0.2) is 0 Å². The van der Waals surface area contributed by atoms with E-state index < -0.39 is 21.8 Å². The van der Waals surface area contributed by atoms with Crippen molar-refractivity contribution in [2.75, 3.05) is 11.3 Å². The summed E-state index contributed by atoms with van der Waals surface area (Å²) in [5, 5.41) is 9.61. The highest BCUT2D eigenvalue weighted by Gasteiger charge is 2.45. The SMILES string of the molecule is O=C(O)c1c(NS(=O)(=O)c2ccc(F)cc2Br)ccc2c1OCC1CC21. The van der Waals surface area contributed by atoms with Crippen LogP contribution in [0.5, 0.6) is 5.75 Å². The van der Waals surface area contributed by atoms with Gasteiger partial charge in [-0.2, -0.15) is 0 Å². The number of carbonyl (C=O) groups is 1. The summed E-state index contributed by atoms with van der Waals surface area (Å²) >= 11 is 3.02. The number of sulfonamides is 1. The molecule has 2 N–H and O–H groups in total. The Labute approximate surface area is 157 Å². The van der Waals surface area contributed by atoms with Crippen molar-refractivity contribution >= 4 is 37.6 Å². The zero-order valence-electron chi connectivity index (χ0n) is 13.2. The van der Waals surface area contributed by atoms with Crippen LogP contribution in [0.25, 0.3) is 0 Å². The van der Waals surface area contributed by atoms with Crippen molar-refractivity contribution in [3.63, 3.8) is 0 Å². The summed E-state index contributed by atoms with van der Waals surface area (Å²) in [5.74, 6) is -0.981. The molecule has 0 spiro atoms. The Morgan fingerprint density at radius 3 is 2.77 bits per heavy atom. The third-order valence-electron chi connectivity index (χ3n) is 4.59. The van der Waals surface area contributed by atoms with E-state index in [1.807, 2.05) is 0 Å². The number of hydrogen-bond acceptors (Lipinski definition) is 4. The van der Waals surface area contributed by atoms with Crippen LogP contribution in [0.3, 0.4) is 0 Å². The van der Waals surface area contributed by atoms with Gasteiger partial charge in [0.05, 0.1) is 12.3 Å². The summed E-state index contributed by atoms with van der Waals surface area (Å²) in [5.41, 5.74) is 0.491. The fourth-order valence-electron chi connectivity index (χ4n) is 3.24. The molecule has 1 aliphatic carbocycles. The summed E-state index contributed by atoms with van der Waals surface area (Å²) in [4.78, 5) is 11.6. The predicted octanol–water partition coefficient (Wildman–Crippen LogP) is 3.58. The van der Waals surface area contributed by atoms with E-state index in [0.29, 0.717) is 12.5 Å². The number of halogens is 2. The fourth-order valence-corrected chi connectivity index (χ4v) is 5.36. The Morgan fingerprint density at radius 1 is 1.31 bits per heavy atom. The molecule has 9 heteroatoms. The standard InChI is InChI=1S/C17H13BrFNO5S/c18-12-6-9(19)1-4-14(12)26(23,24)20-13-3-2-10-11-5-8(11)7-25-16(10)15(13)17(21)22/h1-4,6,8,11,20H,5,7H2,(H,21,22). The van der Waals surface area contributed by atoms with E-state index in [4.69, 9.17) is 4.74 Å². The van der Waals surface area contributed by atoms with Gasteiger partial charge in [0, 0.05) is 10.4 Å². The summed E-state index contributed by atoms with van der Waals surface area (Å²) in [7, 11) is -4.13. The van der Waals surface area contributed by atoms with Crippen LogP contribution >= 0.6 is 15.9 Å². The van der Waals surface area contributed by atoms with Crippen LogP contribution in [0.1, 0.15) is 28.3 Å². The molecule has 1 fully saturated rings. The smallest absolute Gasteiger partial charge is 0.341 e. The number of nitrogens with one attached hydrogen (secondary N) is 1. The molecule has 4 rings (SSSR count). The molecular weight excluding hydrogens is 429 g/mol. The molecule has 2 aromatic rings. The van der Waals surface area contributed by atoms with Crippen LogP contribution in [0.2, 0.25) is 0 Å². The highest BCUT2D eigenvalue weighted by atomic mass is 79.9. The Morgan fingerprint density at radius 2 is 2.08 bits per heavy atom. The van der Waals surface area contributed by atoms with Gasteiger partial charge in [-0.25, -0.2) is 17.6 Å². The molecule has 136 valence electrons. The van der Waals surface area contributed by atoms with Gasteiger partial charge in [-0.1, -0.05) is 6.07 Å². The molecule has 26 heavy (non-hydrogen) atoms. The van der Waals surface area contributed by atoms with Crippen LogP contribution in [-0.4, -0.2) is 26.1 Å². The summed E-state index contributed by atoms with van der Waals surface area (Å²) < 4.78 is 46.4. The summed E-state index contributed by atoms with van der Waals surface area (Å²) in [6.07, 6.45) is 0.944. The molecule has 0 aromatic heterocycles. The predicted molar refractivity (Wildman–Crippen MR) is 94.7 cm³/mol. The lowest BCUT2D eigenvalue weighted by Crippen LogP contribution is -2.19. The number of fused-ring (bicyclic) bond motifs is 3. The second-order valence-corrected chi connectivity index (χ2v) is 8.81. The van der Waals surface area contributed by atoms with Gasteiger partial charge in [0.1, 0.15) is 22.0 Å². The third kappa shape index (κ3) is 2.84. The molecule has 0 bridgehead atoms. The third-order valence-corrected chi connectivity index (χ3v) is 6.94. The maximum absolute atomic E-state index is 13.2. The monoisotopic (exact) mass is 441 g/mol. The first-order valence-corrected chi connectivity index (χ1v) is 10.1. The average molecular weight is 442 g/mol. The van der Waals surface area contributed by atoms with Gasteiger partial charge in [-0.15, -0.1) is 0 Å². The molecule has 2 aliphatic rings. The molecular formula is C17H13BrFNO5S. The van der Waals surface area contributed by atoms with Gasteiger partial charge >= 0.3 is 5.97 Å². The minimum absolute atomic E-state index is 0.0388. The van der Waals surface area contributed by atoms with Crippen molar-refractivity contribution in [2.24, 2.45) is 5.92 Å². The van der Waals surface area contributed by atoms with Crippen molar-refractivity contribution in [1.29, 1.82) is 0 Å². The van der Waals surface area contributed by atoms with E-state index >= 15 is 0 Å². The van der Waals surface area contributed by atoms with Crippen molar-refractivity contribution in [3.05, 3.63) is 51.7 Å². The van der Waals surface area contributed by atoms with Crippen molar-refractivity contribution in [2.45, 2.75) is 17.2 Å². The van der Waals surface area contributed by atoms with Crippen LogP contribution in [-0.2, 0) is 10.0 Å². The molecule has 0 radical (unpaired) electrons. The number of carboxylic acid groups (broad SMARTS) is 1. The summed E-state index contributed by atoms with van der Waals surface area (Å²) in [6, 6.07) is 6.27. The Bertz CT molecular complexity index is 1040. The van der Waals surface area contributed by atoms with Gasteiger partial charge in [0.2, 0.25) is 0 Å². The molecule has 2 aromatic carbocycles.